The number of amides is 1. The molecule has 1 fully saturated rings. The van der Waals surface area contributed by atoms with Gasteiger partial charge in [-0.1, -0.05) is 30.3 Å². The number of rotatable bonds is 4. The molecule has 1 aromatic carbocycles. The third-order valence-corrected chi connectivity index (χ3v) is 4.96. The lowest BCUT2D eigenvalue weighted by Crippen LogP contribution is -2.28. The van der Waals surface area contributed by atoms with E-state index in [0.717, 1.165) is 41.9 Å². The van der Waals surface area contributed by atoms with Crippen molar-refractivity contribution in [3.8, 4) is 11.1 Å². The molecule has 3 rings (SSSR count). The number of hydrogen-bond acceptors (Lipinski definition) is 3. The molecule has 1 atom stereocenters. The first kappa shape index (κ1) is 14.3. The van der Waals surface area contributed by atoms with Crippen molar-refractivity contribution < 1.29 is 9.90 Å². The van der Waals surface area contributed by atoms with Crippen LogP contribution in [0.3, 0.4) is 0 Å². The number of likely N-dealkylation sites (tertiary alicyclic amines) is 1. The van der Waals surface area contributed by atoms with Crippen molar-refractivity contribution in [1.29, 1.82) is 0 Å². The molecule has 2 aromatic rings. The van der Waals surface area contributed by atoms with Crippen LogP contribution in [-0.2, 0) is 0 Å². The Kier molecular flexibility index (Phi) is 4.36. The van der Waals surface area contributed by atoms with Gasteiger partial charge in [-0.2, -0.15) is 0 Å². The van der Waals surface area contributed by atoms with E-state index in [0.29, 0.717) is 5.92 Å². The van der Waals surface area contributed by atoms with Crippen LogP contribution in [0.1, 0.15) is 22.5 Å². The van der Waals surface area contributed by atoms with Crippen molar-refractivity contribution >= 4 is 17.2 Å². The summed E-state index contributed by atoms with van der Waals surface area (Å²) in [7, 11) is 0. The van der Waals surface area contributed by atoms with Gasteiger partial charge in [-0.3, -0.25) is 4.79 Å². The second kappa shape index (κ2) is 6.41. The highest BCUT2D eigenvalue weighted by molar-refractivity contribution is 7.12. The first-order chi connectivity index (χ1) is 10.3. The molecule has 21 heavy (non-hydrogen) atoms. The number of aliphatic hydroxyl groups is 1. The van der Waals surface area contributed by atoms with Gasteiger partial charge in [0.2, 0.25) is 0 Å². The normalized spacial score (nSPS) is 18.1. The Labute approximate surface area is 128 Å². The van der Waals surface area contributed by atoms with E-state index in [1.165, 1.54) is 11.3 Å². The maximum absolute atomic E-state index is 12.7. The van der Waals surface area contributed by atoms with Crippen LogP contribution in [0, 0.1) is 5.92 Å². The van der Waals surface area contributed by atoms with E-state index in [1.807, 2.05) is 46.7 Å². The molecule has 1 aliphatic heterocycles. The van der Waals surface area contributed by atoms with Crippen molar-refractivity contribution in [2.45, 2.75) is 12.8 Å². The van der Waals surface area contributed by atoms with Gasteiger partial charge in [-0.15, -0.1) is 11.3 Å². The van der Waals surface area contributed by atoms with Crippen molar-refractivity contribution in [3.05, 3.63) is 46.7 Å². The summed E-state index contributed by atoms with van der Waals surface area (Å²) in [6, 6.07) is 12.1. The second-order valence-corrected chi connectivity index (χ2v) is 6.36. The van der Waals surface area contributed by atoms with Crippen LogP contribution < -0.4 is 0 Å². The standard InChI is InChI=1S/C17H19NO2S/c19-10-7-13-6-9-18(12-13)17(20)16-15(8-11-21-16)14-4-2-1-3-5-14/h1-5,8,11,13,19H,6-7,9-10,12H2. The van der Waals surface area contributed by atoms with Crippen LogP contribution in [0.2, 0.25) is 0 Å². The van der Waals surface area contributed by atoms with E-state index in [4.69, 9.17) is 5.11 Å². The van der Waals surface area contributed by atoms with Gasteiger partial charge in [-0.05, 0) is 35.8 Å². The van der Waals surface area contributed by atoms with E-state index in [9.17, 15) is 4.79 Å². The van der Waals surface area contributed by atoms with Crippen LogP contribution in [0.5, 0.6) is 0 Å². The monoisotopic (exact) mass is 301 g/mol. The van der Waals surface area contributed by atoms with Crippen LogP contribution >= 0.6 is 11.3 Å². The lowest BCUT2D eigenvalue weighted by Gasteiger charge is -2.16. The summed E-state index contributed by atoms with van der Waals surface area (Å²) in [6.45, 7) is 1.78. The van der Waals surface area contributed by atoms with Crippen LogP contribution in [0.15, 0.2) is 41.8 Å². The fourth-order valence-corrected chi connectivity index (χ4v) is 3.78. The average Bonchev–Trinajstić information content (AvgIpc) is 3.17. The highest BCUT2D eigenvalue weighted by Crippen LogP contribution is 2.31. The van der Waals surface area contributed by atoms with Crippen molar-refractivity contribution in [2.75, 3.05) is 19.7 Å². The molecular weight excluding hydrogens is 282 g/mol. The number of nitrogens with zero attached hydrogens (tertiary/aromatic N) is 1. The lowest BCUT2D eigenvalue weighted by molar-refractivity contribution is 0.0790. The average molecular weight is 301 g/mol. The molecule has 0 radical (unpaired) electrons. The minimum absolute atomic E-state index is 0.129. The van der Waals surface area contributed by atoms with E-state index in [2.05, 4.69) is 0 Å². The highest BCUT2D eigenvalue weighted by Gasteiger charge is 2.28. The fraction of sp³-hybridized carbons (Fsp3) is 0.353. The topological polar surface area (TPSA) is 40.5 Å². The Morgan fingerprint density at radius 3 is 2.86 bits per heavy atom. The van der Waals surface area contributed by atoms with Crippen molar-refractivity contribution in [1.82, 2.24) is 4.90 Å². The molecular formula is C17H19NO2S. The molecule has 1 unspecified atom stereocenters. The number of aliphatic hydroxyl groups excluding tert-OH is 1. The highest BCUT2D eigenvalue weighted by atomic mass is 32.1. The quantitative estimate of drug-likeness (QED) is 0.941. The smallest absolute Gasteiger partial charge is 0.264 e. The molecule has 1 amide bonds. The van der Waals surface area contributed by atoms with Crippen molar-refractivity contribution in [2.24, 2.45) is 5.92 Å². The molecule has 1 saturated heterocycles. The number of carbonyl (C=O) groups excluding carboxylic acids is 1. The zero-order chi connectivity index (χ0) is 14.7. The van der Waals surface area contributed by atoms with E-state index < -0.39 is 0 Å². The number of carbonyl (C=O) groups is 1. The fourth-order valence-electron chi connectivity index (χ4n) is 2.90. The van der Waals surface area contributed by atoms with E-state index >= 15 is 0 Å². The minimum atomic E-state index is 0.129. The molecule has 1 aliphatic rings. The molecule has 1 N–H and O–H groups in total. The number of thiophene rings is 1. The maximum atomic E-state index is 12.7. The zero-order valence-corrected chi connectivity index (χ0v) is 12.7. The Morgan fingerprint density at radius 1 is 1.29 bits per heavy atom. The maximum Gasteiger partial charge on any atom is 0.264 e. The number of benzene rings is 1. The Morgan fingerprint density at radius 2 is 2.10 bits per heavy atom. The molecule has 1 aromatic heterocycles. The first-order valence-electron chi connectivity index (χ1n) is 7.32. The molecule has 3 nitrogen and oxygen atoms in total. The summed E-state index contributed by atoms with van der Waals surface area (Å²) in [5, 5.41) is 11.0. The molecule has 2 heterocycles. The van der Waals surface area contributed by atoms with Gasteiger partial charge >= 0.3 is 0 Å². The Hall–Kier alpha value is -1.65. The molecule has 110 valence electrons. The van der Waals surface area contributed by atoms with Gasteiger partial charge in [0, 0.05) is 25.3 Å². The van der Waals surface area contributed by atoms with Gasteiger partial charge in [-0.25, -0.2) is 0 Å². The molecule has 4 heteroatoms. The predicted molar refractivity (Wildman–Crippen MR) is 85.5 cm³/mol. The summed E-state index contributed by atoms with van der Waals surface area (Å²) >= 11 is 1.51. The predicted octanol–water partition coefficient (Wildman–Crippen LogP) is 3.26. The molecule has 0 spiro atoms. The largest absolute Gasteiger partial charge is 0.396 e. The summed E-state index contributed by atoms with van der Waals surface area (Å²) in [4.78, 5) is 15.5. The third kappa shape index (κ3) is 3.01. The van der Waals surface area contributed by atoms with Gasteiger partial charge in [0.25, 0.3) is 5.91 Å². The van der Waals surface area contributed by atoms with Crippen LogP contribution in [-0.4, -0.2) is 35.6 Å². The van der Waals surface area contributed by atoms with Crippen molar-refractivity contribution in [3.63, 3.8) is 0 Å². The summed E-state index contributed by atoms with van der Waals surface area (Å²) < 4.78 is 0. The zero-order valence-electron chi connectivity index (χ0n) is 11.9. The minimum Gasteiger partial charge on any atom is -0.396 e. The third-order valence-electron chi connectivity index (χ3n) is 4.05. The molecule has 0 aliphatic carbocycles. The van der Waals surface area contributed by atoms with Gasteiger partial charge < -0.3 is 10.0 Å². The lowest BCUT2D eigenvalue weighted by atomic mass is 10.1. The Bertz CT molecular complexity index is 608. The summed E-state index contributed by atoms with van der Waals surface area (Å²) in [6.07, 6.45) is 1.79. The van der Waals surface area contributed by atoms with E-state index in [-0.39, 0.29) is 12.5 Å². The van der Waals surface area contributed by atoms with Gasteiger partial charge in [0.15, 0.2) is 0 Å². The van der Waals surface area contributed by atoms with Crippen LogP contribution in [0.25, 0.3) is 11.1 Å². The molecule has 0 bridgehead atoms. The van der Waals surface area contributed by atoms with E-state index in [1.54, 1.807) is 0 Å². The molecule has 0 saturated carbocycles. The van der Waals surface area contributed by atoms with Crippen LogP contribution in [0.4, 0.5) is 0 Å². The summed E-state index contributed by atoms with van der Waals surface area (Å²) in [5.74, 6) is 0.573. The van der Waals surface area contributed by atoms with Gasteiger partial charge in [0.1, 0.15) is 0 Å². The number of hydrogen-bond donors (Lipinski definition) is 1. The second-order valence-electron chi connectivity index (χ2n) is 5.45. The first-order valence-corrected chi connectivity index (χ1v) is 8.20. The Balaban J connectivity index is 1.79. The van der Waals surface area contributed by atoms with Gasteiger partial charge in [0.05, 0.1) is 4.88 Å². The summed E-state index contributed by atoms with van der Waals surface area (Å²) in [5.41, 5.74) is 2.12. The SMILES string of the molecule is O=C(c1sccc1-c1ccccc1)N1CCC(CCO)C1.